The predicted octanol–water partition coefficient (Wildman–Crippen LogP) is 2.93. The van der Waals surface area contributed by atoms with Crippen LogP contribution in [0.4, 0.5) is 5.69 Å². The van der Waals surface area contributed by atoms with Gasteiger partial charge in [0.05, 0.1) is 5.60 Å². The second-order valence-electron chi connectivity index (χ2n) is 6.68. The molecule has 0 amide bonds. The van der Waals surface area contributed by atoms with E-state index in [9.17, 15) is 5.11 Å². The lowest BCUT2D eigenvalue weighted by Crippen LogP contribution is -2.38. The molecule has 1 unspecified atom stereocenters. The van der Waals surface area contributed by atoms with Gasteiger partial charge < -0.3 is 15.7 Å². The Bertz CT molecular complexity index is 441. The van der Waals surface area contributed by atoms with E-state index in [-0.39, 0.29) is 0 Å². The predicted molar refractivity (Wildman–Crippen MR) is 85.0 cm³/mol. The van der Waals surface area contributed by atoms with Crippen molar-refractivity contribution in [2.75, 3.05) is 18.4 Å². The Morgan fingerprint density at radius 2 is 2.20 bits per heavy atom. The van der Waals surface area contributed by atoms with Crippen molar-refractivity contribution in [3.8, 4) is 0 Å². The zero-order valence-electron chi connectivity index (χ0n) is 13.0. The number of nitrogens with one attached hydrogen (secondary N) is 2. The molecule has 1 aromatic carbocycles. The number of hydrogen-bond donors (Lipinski definition) is 3. The first-order chi connectivity index (χ1) is 9.48. The van der Waals surface area contributed by atoms with Gasteiger partial charge in [-0.15, -0.1) is 0 Å². The van der Waals surface area contributed by atoms with Gasteiger partial charge in [-0.2, -0.15) is 0 Å². The summed E-state index contributed by atoms with van der Waals surface area (Å²) in [6, 6.07) is 6.51. The molecule has 0 radical (unpaired) electrons. The summed E-state index contributed by atoms with van der Waals surface area (Å²) in [4.78, 5) is 0. The fraction of sp³-hybridized carbons (Fsp3) is 0.647. The lowest BCUT2D eigenvalue weighted by Gasteiger charge is -2.26. The first-order valence-electron chi connectivity index (χ1n) is 7.76. The summed E-state index contributed by atoms with van der Waals surface area (Å²) in [6.45, 7) is 8.71. The maximum absolute atomic E-state index is 10.3. The average molecular weight is 276 g/mol. The Morgan fingerprint density at radius 3 is 2.95 bits per heavy atom. The van der Waals surface area contributed by atoms with Crippen LogP contribution in [0.5, 0.6) is 0 Å². The van der Waals surface area contributed by atoms with Crippen LogP contribution in [0.3, 0.4) is 0 Å². The van der Waals surface area contributed by atoms with Crippen LogP contribution >= 0.6 is 0 Å². The van der Waals surface area contributed by atoms with Crippen molar-refractivity contribution >= 4 is 5.69 Å². The number of aryl methyl sites for hydroxylation is 1. The topological polar surface area (TPSA) is 44.3 Å². The van der Waals surface area contributed by atoms with Crippen molar-refractivity contribution in [1.29, 1.82) is 0 Å². The van der Waals surface area contributed by atoms with E-state index in [4.69, 9.17) is 0 Å². The van der Waals surface area contributed by atoms with E-state index in [1.54, 1.807) is 0 Å². The van der Waals surface area contributed by atoms with Gasteiger partial charge in [0, 0.05) is 25.3 Å². The highest BCUT2D eigenvalue weighted by Gasteiger charge is 2.21. The molecule has 1 heterocycles. The molecule has 0 aromatic heterocycles. The Hall–Kier alpha value is -1.06. The third kappa shape index (κ3) is 4.22. The molecule has 112 valence electrons. The van der Waals surface area contributed by atoms with Gasteiger partial charge >= 0.3 is 0 Å². The van der Waals surface area contributed by atoms with Crippen LogP contribution in [0.2, 0.25) is 0 Å². The van der Waals surface area contributed by atoms with Crippen LogP contribution in [0.1, 0.15) is 44.7 Å². The van der Waals surface area contributed by atoms with Gasteiger partial charge in [0.15, 0.2) is 0 Å². The van der Waals surface area contributed by atoms with E-state index in [1.807, 2.05) is 6.92 Å². The Labute approximate surface area is 122 Å². The highest BCUT2D eigenvalue weighted by molar-refractivity contribution is 5.59. The summed E-state index contributed by atoms with van der Waals surface area (Å²) in [6.07, 6.45) is 3.21. The minimum atomic E-state index is -0.629. The first-order valence-corrected chi connectivity index (χ1v) is 7.76. The molecule has 0 saturated heterocycles. The molecular weight excluding hydrogens is 248 g/mol. The van der Waals surface area contributed by atoms with Crippen LogP contribution in [-0.4, -0.2) is 23.8 Å². The fourth-order valence-corrected chi connectivity index (χ4v) is 3.15. The maximum atomic E-state index is 10.3. The minimum Gasteiger partial charge on any atom is -0.389 e. The van der Waals surface area contributed by atoms with Gasteiger partial charge in [0.25, 0.3) is 0 Å². The molecule has 0 saturated carbocycles. The van der Waals surface area contributed by atoms with Crippen molar-refractivity contribution in [1.82, 2.24) is 5.32 Å². The van der Waals surface area contributed by atoms with Gasteiger partial charge in [0.1, 0.15) is 0 Å². The van der Waals surface area contributed by atoms with Crippen molar-refractivity contribution in [2.24, 2.45) is 5.92 Å². The van der Waals surface area contributed by atoms with Gasteiger partial charge in [-0.1, -0.05) is 32.0 Å². The number of rotatable bonds is 6. The lowest BCUT2D eigenvalue weighted by molar-refractivity contribution is 0.0383. The Kier molecular flexibility index (Phi) is 5.06. The van der Waals surface area contributed by atoms with E-state index >= 15 is 0 Å². The zero-order valence-corrected chi connectivity index (χ0v) is 13.0. The van der Waals surface area contributed by atoms with Crippen LogP contribution in [0.25, 0.3) is 0 Å². The smallest absolute Gasteiger partial charge is 0.0746 e. The molecule has 0 bridgehead atoms. The number of benzene rings is 1. The van der Waals surface area contributed by atoms with Gasteiger partial charge in [-0.05, 0) is 43.2 Å². The number of fused-ring (bicyclic) bond motifs is 1. The Balaban J connectivity index is 1.91. The molecule has 3 heteroatoms. The summed E-state index contributed by atoms with van der Waals surface area (Å²) in [5.41, 5.74) is 3.40. The van der Waals surface area contributed by atoms with E-state index in [2.05, 4.69) is 42.7 Å². The van der Waals surface area contributed by atoms with Crippen molar-refractivity contribution in [2.45, 2.75) is 52.2 Å². The fourth-order valence-electron chi connectivity index (χ4n) is 3.15. The molecule has 1 aromatic rings. The second-order valence-corrected chi connectivity index (χ2v) is 6.68. The monoisotopic (exact) mass is 276 g/mol. The van der Waals surface area contributed by atoms with E-state index < -0.39 is 5.60 Å². The largest absolute Gasteiger partial charge is 0.389 e. The number of anilines is 1. The molecule has 3 nitrogen and oxygen atoms in total. The highest BCUT2D eigenvalue weighted by atomic mass is 16.3. The zero-order chi connectivity index (χ0) is 14.6. The molecular formula is C17H28N2O. The summed E-state index contributed by atoms with van der Waals surface area (Å²) in [7, 11) is 0. The van der Waals surface area contributed by atoms with Gasteiger partial charge in [0.2, 0.25) is 0 Å². The number of aliphatic hydroxyl groups is 1. The first kappa shape index (κ1) is 15.3. The van der Waals surface area contributed by atoms with Crippen LogP contribution in [0.15, 0.2) is 18.2 Å². The van der Waals surface area contributed by atoms with Crippen molar-refractivity contribution in [3.05, 3.63) is 29.3 Å². The average Bonchev–Trinajstić information content (AvgIpc) is 2.37. The van der Waals surface area contributed by atoms with Crippen LogP contribution in [-0.2, 0) is 13.0 Å². The molecule has 3 N–H and O–H groups in total. The molecule has 20 heavy (non-hydrogen) atoms. The van der Waals surface area contributed by atoms with E-state index in [1.165, 1.54) is 29.7 Å². The highest BCUT2D eigenvalue weighted by Crippen LogP contribution is 2.26. The van der Waals surface area contributed by atoms with Crippen molar-refractivity contribution < 1.29 is 5.11 Å². The van der Waals surface area contributed by atoms with E-state index in [0.29, 0.717) is 12.5 Å². The summed E-state index contributed by atoms with van der Waals surface area (Å²) in [5.74, 6) is 0.512. The molecule has 1 aliphatic rings. The molecule has 0 spiro atoms. The van der Waals surface area contributed by atoms with Gasteiger partial charge in [-0.25, -0.2) is 0 Å². The molecule has 1 atom stereocenters. The van der Waals surface area contributed by atoms with Crippen LogP contribution in [0, 0.1) is 5.92 Å². The molecule has 0 aliphatic carbocycles. The number of hydrogen-bond acceptors (Lipinski definition) is 3. The van der Waals surface area contributed by atoms with E-state index in [0.717, 1.165) is 19.5 Å². The standard InChI is InChI=1S/C17H28N2O/c1-13(2)10-17(3,20)12-18-11-15-7-4-6-14-8-5-9-19-16(14)15/h4,6-7,13,18-20H,5,8-12H2,1-3H3. The quantitative estimate of drug-likeness (QED) is 0.748. The summed E-state index contributed by atoms with van der Waals surface area (Å²) in [5, 5.41) is 17.2. The SMILES string of the molecule is CC(C)CC(C)(O)CNCc1cccc2c1NCCC2. The Morgan fingerprint density at radius 1 is 1.40 bits per heavy atom. The van der Waals surface area contributed by atoms with Crippen LogP contribution < -0.4 is 10.6 Å². The normalized spacial score (nSPS) is 17.4. The van der Waals surface area contributed by atoms with Crippen molar-refractivity contribution in [3.63, 3.8) is 0 Å². The third-order valence-corrected chi connectivity index (χ3v) is 3.83. The maximum Gasteiger partial charge on any atom is 0.0746 e. The lowest BCUT2D eigenvalue weighted by atomic mass is 9.94. The molecule has 2 rings (SSSR count). The third-order valence-electron chi connectivity index (χ3n) is 3.83. The minimum absolute atomic E-state index is 0.512. The van der Waals surface area contributed by atoms with Gasteiger partial charge in [-0.3, -0.25) is 0 Å². The summed E-state index contributed by atoms with van der Waals surface area (Å²) < 4.78 is 0. The number of para-hydroxylation sites is 1. The summed E-state index contributed by atoms with van der Waals surface area (Å²) >= 11 is 0. The second kappa shape index (κ2) is 6.59. The molecule has 1 aliphatic heterocycles. The molecule has 0 fully saturated rings.